The molecule has 0 amide bonds. The van der Waals surface area contributed by atoms with Crippen LogP contribution in [0.1, 0.15) is 58.3 Å². The summed E-state index contributed by atoms with van der Waals surface area (Å²) in [5.74, 6) is -0.158. The van der Waals surface area contributed by atoms with Gasteiger partial charge in [-0.05, 0) is 44.9 Å². The molecule has 1 aliphatic heterocycles. The van der Waals surface area contributed by atoms with Crippen molar-refractivity contribution in [2.75, 3.05) is 7.11 Å². The van der Waals surface area contributed by atoms with Crippen LogP contribution in [-0.4, -0.2) is 25.3 Å². The lowest BCUT2D eigenvalue weighted by Gasteiger charge is -1.95. The van der Waals surface area contributed by atoms with Gasteiger partial charge in [-0.15, -0.1) is 0 Å². The van der Waals surface area contributed by atoms with Gasteiger partial charge in [0, 0.05) is 6.42 Å². The van der Waals surface area contributed by atoms with E-state index in [0.717, 1.165) is 44.9 Å². The molecule has 1 saturated heterocycles. The highest BCUT2D eigenvalue weighted by molar-refractivity contribution is 5.69. The van der Waals surface area contributed by atoms with Gasteiger partial charge < -0.3 is 9.47 Å². The summed E-state index contributed by atoms with van der Waals surface area (Å²) in [6, 6.07) is 0. The fourth-order valence-electron chi connectivity index (χ4n) is 2.48. The molecule has 0 unspecified atom stereocenters. The number of carbonyl (C=O) groups is 1. The van der Waals surface area contributed by atoms with Crippen molar-refractivity contribution in [2.24, 2.45) is 0 Å². The smallest absolute Gasteiger partial charge is 0.305 e. The highest BCUT2D eigenvalue weighted by Crippen LogP contribution is 2.29. The number of ether oxygens (including phenoxy) is 2. The van der Waals surface area contributed by atoms with Gasteiger partial charge in [0.25, 0.3) is 0 Å². The highest BCUT2D eigenvalue weighted by Gasteiger charge is 2.37. The second kappa shape index (κ2) is 15.4. The maximum absolute atomic E-state index is 11.0. The van der Waals surface area contributed by atoms with E-state index in [0.29, 0.717) is 6.42 Å². The van der Waals surface area contributed by atoms with Crippen LogP contribution in [0.25, 0.3) is 0 Å². The molecular weight excluding hydrogens is 324 g/mol. The minimum atomic E-state index is -0.158. The molecule has 0 aliphatic carbocycles. The number of methoxy groups -OCH3 is 1. The Morgan fingerprint density at radius 2 is 1.31 bits per heavy atom. The Balaban J connectivity index is 1.94. The summed E-state index contributed by atoms with van der Waals surface area (Å²) in [5, 5.41) is 0. The number of esters is 1. The minimum absolute atomic E-state index is 0.158. The summed E-state index contributed by atoms with van der Waals surface area (Å²) in [7, 11) is 1.42. The molecule has 0 aromatic rings. The quantitative estimate of drug-likeness (QED) is 0.222. The Kier molecular flexibility index (Phi) is 13.1. The van der Waals surface area contributed by atoms with Crippen molar-refractivity contribution in [3.05, 3.63) is 60.8 Å². The molecule has 26 heavy (non-hydrogen) atoms. The topological polar surface area (TPSA) is 38.8 Å². The van der Waals surface area contributed by atoms with Gasteiger partial charge in [0.15, 0.2) is 0 Å². The van der Waals surface area contributed by atoms with Gasteiger partial charge in [-0.3, -0.25) is 4.79 Å². The van der Waals surface area contributed by atoms with E-state index in [-0.39, 0.29) is 18.2 Å². The molecule has 1 heterocycles. The van der Waals surface area contributed by atoms with Crippen LogP contribution in [0.2, 0.25) is 0 Å². The van der Waals surface area contributed by atoms with Gasteiger partial charge in [-0.2, -0.15) is 0 Å². The third-order valence-corrected chi connectivity index (χ3v) is 4.07. The maximum Gasteiger partial charge on any atom is 0.305 e. The Morgan fingerprint density at radius 1 is 0.808 bits per heavy atom. The van der Waals surface area contributed by atoms with E-state index in [9.17, 15) is 4.79 Å². The molecule has 0 bridgehead atoms. The van der Waals surface area contributed by atoms with Crippen LogP contribution in [-0.2, 0) is 14.3 Å². The Bertz CT molecular complexity index is 512. The fourth-order valence-corrected chi connectivity index (χ4v) is 2.48. The Labute approximate surface area is 159 Å². The lowest BCUT2D eigenvalue weighted by Crippen LogP contribution is -2.03. The number of hydrogen-bond donors (Lipinski definition) is 0. The minimum Gasteiger partial charge on any atom is -0.469 e. The van der Waals surface area contributed by atoms with E-state index in [2.05, 4.69) is 72.4 Å². The van der Waals surface area contributed by atoms with E-state index in [1.807, 2.05) is 0 Å². The molecule has 0 radical (unpaired) electrons. The third kappa shape index (κ3) is 12.5. The number of hydrogen-bond acceptors (Lipinski definition) is 3. The van der Waals surface area contributed by atoms with Crippen LogP contribution < -0.4 is 0 Å². The van der Waals surface area contributed by atoms with Crippen molar-refractivity contribution in [1.82, 2.24) is 0 Å². The lowest BCUT2D eigenvalue weighted by molar-refractivity contribution is -0.140. The summed E-state index contributed by atoms with van der Waals surface area (Å²) < 4.78 is 10.2. The third-order valence-electron chi connectivity index (χ3n) is 4.07. The van der Waals surface area contributed by atoms with Crippen molar-refractivity contribution < 1.29 is 14.3 Å². The summed E-state index contributed by atoms with van der Waals surface area (Å²) in [6.07, 6.45) is 29.7. The molecule has 1 rings (SSSR count). The monoisotopic (exact) mass is 358 g/mol. The fraction of sp³-hybridized carbons (Fsp3) is 0.522. The first-order valence-corrected chi connectivity index (χ1v) is 9.75. The molecule has 0 saturated carbocycles. The second-order valence-electron chi connectivity index (χ2n) is 6.27. The number of epoxide rings is 1. The average molecular weight is 359 g/mol. The average Bonchev–Trinajstić information content (AvgIpc) is 3.41. The summed E-state index contributed by atoms with van der Waals surface area (Å²) in [5.41, 5.74) is 0. The predicted octanol–water partition coefficient (Wildman–Crippen LogP) is 5.85. The van der Waals surface area contributed by atoms with Crippen molar-refractivity contribution in [1.29, 1.82) is 0 Å². The van der Waals surface area contributed by atoms with E-state index in [1.165, 1.54) is 7.11 Å². The predicted molar refractivity (Wildman–Crippen MR) is 109 cm³/mol. The zero-order valence-corrected chi connectivity index (χ0v) is 16.3. The van der Waals surface area contributed by atoms with Crippen molar-refractivity contribution in [3.8, 4) is 0 Å². The zero-order valence-electron chi connectivity index (χ0n) is 16.3. The van der Waals surface area contributed by atoms with E-state index in [1.54, 1.807) is 0 Å². The van der Waals surface area contributed by atoms with Crippen molar-refractivity contribution >= 4 is 5.97 Å². The molecule has 3 nitrogen and oxygen atoms in total. The van der Waals surface area contributed by atoms with Gasteiger partial charge in [0.05, 0.1) is 19.3 Å². The first kappa shape index (κ1) is 22.2. The summed E-state index contributed by atoms with van der Waals surface area (Å²) in [4.78, 5) is 11.0. The van der Waals surface area contributed by atoms with E-state index in [4.69, 9.17) is 4.74 Å². The lowest BCUT2D eigenvalue weighted by atomic mass is 10.1. The first-order valence-electron chi connectivity index (χ1n) is 9.75. The van der Waals surface area contributed by atoms with Crippen LogP contribution in [0.15, 0.2) is 60.8 Å². The second-order valence-corrected chi connectivity index (χ2v) is 6.27. The van der Waals surface area contributed by atoms with E-state index >= 15 is 0 Å². The van der Waals surface area contributed by atoms with Crippen molar-refractivity contribution in [2.45, 2.75) is 70.5 Å². The zero-order chi connectivity index (χ0) is 18.9. The van der Waals surface area contributed by atoms with Crippen LogP contribution >= 0.6 is 0 Å². The van der Waals surface area contributed by atoms with Crippen LogP contribution in [0.5, 0.6) is 0 Å². The number of carbonyl (C=O) groups excluding carboxylic acids is 1. The molecule has 0 aromatic heterocycles. The number of rotatable bonds is 14. The molecule has 2 atom stereocenters. The van der Waals surface area contributed by atoms with Gasteiger partial charge in [-0.25, -0.2) is 0 Å². The van der Waals surface area contributed by atoms with Crippen molar-refractivity contribution in [3.63, 3.8) is 0 Å². The maximum atomic E-state index is 11.0. The van der Waals surface area contributed by atoms with Crippen LogP contribution in [0, 0.1) is 0 Å². The van der Waals surface area contributed by atoms with Gasteiger partial charge >= 0.3 is 5.97 Å². The molecule has 0 aromatic carbocycles. The van der Waals surface area contributed by atoms with E-state index < -0.39 is 0 Å². The van der Waals surface area contributed by atoms with Crippen LogP contribution in [0.4, 0.5) is 0 Å². The molecule has 1 aliphatic rings. The normalized spacial score (nSPS) is 20.4. The van der Waals surface area contributed by atoms with Gasteiger partial charge in [-0.1, -0.05) is 67.7 Å². The van der Waals surface area contributed by atoms with Gasteiger partial charge in [0.1, 0.15) is 0 Å². The Morgan fingerprint density at radius 3 is 1.81 bits per heavy atom. The number of allylic oxidation sites excluding steroid dienone is 9. The molecular formula is C23H34O3. The molecule has 144 valence electrons. The molecule has 0 spiro atoms. The largest absolute Gasteiger partial charge is 0.469 e. The van der Waals surface area contributed by atoms with Gasteiger partial charge in [0.2, 0.25) is 0 Å². The SMILES string of the molecule is CC/C=C/C/C=C/C/C=C/C/C=C/C/C=C/C[C@H]1O[C@@H]1CCC(=O)OC. The van der Waals surface area contributed by atoms with Crippen LogP contribution in [0.3, 0.4) is 0 Å². The summed E-state index contributed by atoms with van der Waals surface area (Å²) >= 11 is 0. The molecule has 3 heteroatoms. The highest BCUT2D eigenvalue weighted by atomic mass is 16.6. The molecule has 1 fully saturated rings. The first-order chi connectivity index (χ1) is 12.8. The summed E-state index contributed by atoms with van der Waals surface area (Å²) in [6.45, 7) is 2.15. The molecule has 0 N–H and O–H groups in total. The standard InChI is InChI=1S/C23H34O3/c1-3-4-5-6-7-8-9-10-11-12-13-14-15-16-17-18-21-22(26-21)19-20-23(24)25-2/h4-5,7-8,10-11,13-14,16-17,21-22H,3,6,9,12,15,18-20H2,1-2H3/b5-4+,8-7+,11-10+,14-13+,17-16+/t21-,22-/m1/s1. The Hall–Kier alpha value is -1.87.